The van der Waals surface area contributed by atoms with E-state index in [2.05, 4.69) is 57.8 Å². The van der Waals surface area contributed by atoms with Crippen molar-refractivity contribution in [3.8, 4) is 5.75 Å². The van der Waals surface area contributed by atoms with Crippen LogP contribution in [0.15, 0.2) is 18.2 Å². The predicted molar refractivity (Wildman–Crippen MR) is 142 cm³/mol. The van der Waals surface area contributed by atoms with E-state index in [0.29, 0.717) is 47.7 Å². The predicted octanol–water partition coefficient (Wildman–Crippen LogP) is 7.04. The molecule has 1 N–H and O–H groups in total. The van der Waals surface area contributed by atoms with Gasteiger partial charge in [0.25, 0.3) is 0 Å². The monoisotopic (exact) mass is 490 g/mol. The molecule has 0 aromatic heterocycles. The highest BCUT2D eigenvalue weighted by molar-refractivity contribution is 6.77. The molecule has 1 aromatic rings. The summed E-state index contributed by atoms with van der Waals surface area (Å²) in [6.07, 6.45) is 8.78. The zero-order chi connectivity index (χ0) is 24.5. The van der Waals surface area contributed by atoms with Gasteiger partial charge in [0.1, 0.15) is 6.61 Å². The maximum absolute atomic E-state index is 15.2. The molecule has 1 heterocycles. The molecule has 4 nitrogen and oxygen atoms in total. The Balaban J connectivity index is 1.40. The van der Waals surface area contributed by atoms with Crippen LogP contribution >= 0.6 is 0 Å². The highest BCUT2D eigenvalue weighted by atomic mass is 28.4. The lowest BCUT2D eigenvalue weighted by Crippen LogP contribution is -2.72. The van der Waals surface area contributed by atoms with Crippen molar-refractivity contribution in [3.63, 3.8) is 0 Å². The van der Waals surface area contributed by atoms with Crippen molar-refractivity contribution in [1.82, 2.24) is 5.32 Å². The fourth-order valence-corrected chi connectivity index (χ4v) is 12.8. The van der Waals surface area contributed by atoms with E-state index < -0.39 is 8.32 Å². The summed E-state index contributed by atoms with van der Waals surface area (Å²) in [5.41, 5.74) is 2.85. The van der Waals surface area contributed by atoms with Gasteiger partial charge in [-0.05, 0) is 60.9 Å². The first-order chi connectivity index (χ1) is 16.2. The summed E-state index contributed by atoms with van der Waals surface area (Å²) in [5.74, 6) is 0.0816. The number of nitrogens with zero attached hydrogens (tertiary/aromatic N) is 1. The average molecular weight is 491 g/mol. The molecular weight excluding hydrogens is 443 g/mol. The van der Waals surface area contributed by atoms with Crippen LogP contribution in [0, 0.1) is 5.82 Å². The number of hydrogen-bond donors (Lipinski definition) is 1. The fraction of sp³-hybridized carbons (Fsp3) is 0.786. The molecule has 3 aliphatic rings. The summed E-state index contributed by atoms with van der Waals surface area (Å²) in [5, 5.41) is 3.99. The third kappa shape index (κ3) is 4.92. The van der Waals surface area contributed by atoms with Crippen LogP contribution in [-0.4, -0.2) is 45.7 Å². The standard InChI is InChI=1S/C28H47FN2O2Si/c1-20(2)34(21(3)4,22(5)6)33-17-16-32-27-13-12-23(18-24(27)29)31-19-28(14-9-15-28)30-25-10-7-8-11-26(25)31/h12-13,18,20-22,25-26,30H,7-11,14-17,19H2,1-6H3/t25-,26-/m0/s1. The Morgan fingerprint density at radius 1 is 1.00 bits per heavy atom. The molecule has 0 amide bonds. The highest BCUT2D eigenvalue weighted by Crippen LogP contribution is 2.43. The van der Waals surface area contributed by atoms with Crippen LogP contribution in [0.25, 0.3) is 0 Å². The van der Waals surface area contributed by atoms with Gasteiger partial charge >= 0.3 is 0 Å². The van der Waals surface area contributed by atoms with Crippen molar-refractivity contribution in [2.75, 3.05) is 24.7 Å². The number of anilines is 1. The molecule has 1 aliphatic heterocycles. The normalized spacial score (nSPS) is 24.6. The molecular formula is C28H47FN2O2Si. The number of halogens is 1. The molecule has 0 radical (unpaired) electrons. The van der Waals surface area contributed by atoms with Crippen LogP contribution in [0.5, 0.6) is 5.75 Å². The third-order valence-electron chi connectivity index (χ3n) is 9.05. The van der Waals surface area contributed by atoms with E-state index in [4.69, 9.17) is 9.16 Å². The van der Waals surface area contributed by atoms with E-state index in [1.54, 1.807) is 6.07 Å². The van der Waals surface area contributed by atoms with Gasteiger partial charge in [-0.15, -0.1) is 0 Å². The molecule has 2 aliphatic carbocycles. The van der Waals surface area contributed by atoms with Gasteiger partial charge in [0, 0.05) is 35.9 Å². The number of hydrogen-bond acceptors (Lipinski definition) is 4. The van der Waals surface area contributed by atoms with E-state index in [1.165, 1.54) is 44.9 Å². The van der Waals surface area contributed by atoms with E-state index in [0.717, 1.165) is 12.2 Å². The molecule has 1 spiro atoms. The Bertz CT molecular complexity index is 805. The molecule has 1 aromatic carbocycles. The minimum absolute atomic E-state index is 0.237. The second-order valence-corrected chi connectivity index (χ2v) is 17.5. The highest BCUT2D eigenvalue weighted by Gasteiger charge is 2.48. The Labute approximate surface area is 208 Å². The molecule has 3 fully saturated rings. The third-order valence-corrected chi connectivity index (χ3v) is 15.2. The number of piperazine rings is 1. The number of rotatable bonds is 9. The summed E-state index contributed by atoms with van der Waals surface area (Å²) in [4.78, 5) is 2.50. The van der Waals surface area contributed by atoms with E-state index >= 15 is 4.39 Å². The molecule has 34 heavy (non-hydrogen) atoms. The largest absolute Gasteiger partial charge is 0.488 e. The Morgan fingerprint density at radius 2 is 1.68 bits per heavy atom. The van der Waals surface area contributed by atoms with Gasteiger partial charge in [0.15, 0.2) is 19.9 Å². The van der Waals surface area contributed by atoms with E-state index in [9.17, 15) is 0 Å². The summed E-state index contributed by atoms with van der Waals surface area (Å²) in [6, 6.07) is 6.61. The van der Waals surface area contributed by atoms with Crippen LogP contribution in [-0.2, 0) is 4.43 Å². The molecule has 4 rings (SSSR count). The van der Waals surface area contributed by atoms with Gasteiger partial charge < -0.3 is 19.4 Å². The van der Waals surface area contributed by atoms with Crippen molar-refractivity contribution in [2.24, 2.45) is 0 Å². The van der Waals surface area contributed by atoms with Crippen molar-refractivity contribution in [3.05, 3.63) is 24.0 Å². The van der Waals surface area contributed by atoms with E-state index in [-0.39, 0.29) is 11.4 Å². The zero-order valence-electron chi connectivity index (χ0n) is 22.3. The lowest BCUT2D eigenvalue weighted by atomic mass is 9.71. The first-order valence-electron chi connectivity index (χ1n) is 13.8. The van der Waals surface area contributed by atoms with Crippen molar-refractivity contribution < 1.29 is 13.6 Å². The van der Waals surface area contributed by atoms with Crippen LogP contribution in [0.3, 0.4) is 0 Å². The topological polar surface area (TPSA) is 33.7 Å². The zero-order valence-corrected chi connectivity index (χ0v) is 23.3. The first-order valence-corrected chi connectivity index (χ1v) is 15.9. The SMILES string of the molecule is CC(C)[Si](OCCOc1ccc(N2CC3(CCC3)N[C@H]3CCCC[C@@H]32)cc1F)(C(C)C)C(C)C. The molecule has 6 heteroatoms. The van der Waals surface area contributed by atoms with Crippen molar-refractivity contribution in [2.45, 2.75) is 121 Å². The lowest BCUT2D eigenvalue weighted by Gasteiger charge is -2.58. The lowest BCUT2D eigenvalue weighted by molar-refractivity contribution is 0.105. The van der Waals surface area contributed by atoms with Gasteiger partial charge in [-0.2, -0.15) is 0 Å². The number of nitrogens with one attached hydrogen (secondary N) is 1. The minimum atomic E-state index is -1.93. The molecule has 0 unspecified atom stereocenters. The minimum Gasteiger partial charge on any atom is -0.488 e. The molecule has 2 atom stereocenters. The van der Waals surface area contributed by atoms with Gasteiger partial charge in [-0.1, -0.05) is 54.4 Å². The molecule has 0 bridgehead atoms. The first kappa shape index (κ1) is 26.0. The van der Waals surface area contributed by atoms with Gasteiger partial charge in [-0.25, -0.2) is 4.39 Å². The number of fused-ring (bicyclic) bond motifs is 1. The van der Waals surface area contributed by atoms with Gasteiger partial charge in [0.05, 0.1) is 6.61 Å². The summed E-state index contributed by atoms with van der Waals surface area (Å²) in [6.45, 7) is 15.6. The molecule has 2 saturated carbocycles. The maximum Gasteiger partial charge on any atom is 0.200 e. The van der Waals surface area contributed by atoms with Crippen LogP contribution < -0.4 is 15.0 Å². The van der Waals surface area contributed by atoms with Crippen LogP contribution in [0.1, 0.15) is 86.5 Å². The van der Waals surface area contributed by atoms with Crippen LogP contribution in [0.4, 0.5) is 10.1 Å². The maximum atomic E-state index is 15.2. The summed E-state index contributed by atoms with van der Waals surface area (Å²) < 4.78 is 27.6. The molecule has 192 valence electrons. The van der Waals surface area contributed by atoms with Gasteiger partial charge in [-0.3, -0.25) is 0 Å². The van der Waals surface area contributed by atoms with E-state index in [1.807, 2.05) is 6.07 Å². The fourth-order valence-electron chi connectivity index (χ4n) is 7.38. The summed E-state index contributed by atoms with van der Waals surface area (Å²) in [7, 11) is -1.93. The second kappa shape index (κ2) is 10.5. The van der Waals surface area contributed by atoms with Crippen LogP contribution in [0.2, 0.25) is 16.6 Å². The van der Waals surface area contributed by atoms with Crippen molar-refractivity contribution in [1.29, 1.82) is 0 Å². The summed E-state index contributed by atoms with van der Waals surface area (Å²) >= 11 is 0. The number of benzene rings is 1. The average Bonchev–Trinajstić information content (AvgIpc) is 2.77. The smallest absolute Gasteiger partial charge is 0.200 e. The van der Waals surface area contributed by atoms with Crippen molar-refractivity contribution >= 4 is 14.0 Å². The molecule has 1 saturated heterocycles. The Hall–Kier alpha value is -1.11. The Kier molecular flexibility index (Phi) is 8.00. The Morgan fingerprint density at radius 3 is 2.26 bits per heavy atom. The number of ether oxygens (including phenoxy) is 1. The second-order valence-electron chi connectivity index (χ2n) is 12.0. The quantitative estimate of drug-likeness (QED) is 0.297. The van der Waals surface area contributed by atoms with Gasteiger partial charge in [0.2, 0.25) is 0 Å².